The van der Waals surface area contributed by atoms with Crippen LogP contribution in [0.3, 0.4) is 0 Å². The molecule has 1 amide bonds. The van der Waals surface area contributed by atoms with E-state index in [2.05, 4.69) is 6.58 Å². The first-order valence-electron chi connectivity index (χ1n) is 10.4. The number of likely N-dealkylation sites (N-methyl/N-ethyl adjacent to an activating group) is 1. The lowest BCUT2D eigenvalue weighted by molar-refractivity contribution is -0.181. The second-order valence-electron chi connectivity index (χ2n) is 9.18. The Morgan fingerprint density at radius 3 is 2.39 bits per heavy atom. The first kappa shape index (κ1) is 23.3. The van der Waals surface area contributed by atoms with Crippen LogP contribution >= 0.6 is 11.6 Å². The van der Waals surface area contributed by atoms with Gasteiger partial charge in [-0.3, -0.25) is 28.9 Å². The Kier molecular flexibility index (Phi) is 5.35. The van der Waals surface area contributed by atoms with Gasteiger partial charge in [-0.15, -0.1) is 0 Å². The molecule has 0 saturated heterocycles. The van der Waals surface area contributed by atoms with Crippen LogP contribution in [0.15, 0.2) is 18.7 Å². The topological polar surface area (TPSA) is 155 Å². The Hall–Kier alpha value is -2.88. The molecular formula is C23H23ClN2O7. The maximum atomic E-state index is 13.6. The zero-order valence-electron chi connectivity index (χ0n) is 18.0. The molecule has 0 heterocycles. The highest BCUT2D eigenvalue weighted by molar-refractivity contribution is 6.48. The van der Waals surface area contributed by atoms with Crippen molar-refractivity contribution in [1.82, 2.24) is 4.90 Å². The summed E-state index contributed by atoms with van der Waals surface area (Å²) in [7, 11) is 3.06. The highest BCUT2D eigenvalue weighted by Crippen LogP contribution is 2.51. The van der Waals surface area contributed by atoms with Crippen molar-refractivity contribution in [2.75, 3.05) is 14.1 Å². The van der Waals surface area contributed by atoms with E-state index in [1.807, 2.05) is 0 Å². The zero-order valence-corrected chi connectivity index (χ0v) is 18.8. The van der Waals surface area contributed by atoms with Crippen LogP contribution in [0.25, 0.3) is 5.03 Å². The Bertz CT molecular complexity index is 1160. The van der Waals surface area contributed by atoms with E-state index in [0.717, 1.165) is 0 Å². The number of phenols is 1. The molecule has 1 aromatic rings. The molecule has 0 aromatic heterocycles. The third-order valence-corrected chi connectivity index (χ3v) is 7.44. The molecule has 2 unspecified atom stereocenters. The number of primary amides is 1. The number of nitrogens with two attached hydrogens (primary N) is 1. The number of Topliss-reactive ketones (excluding diaryl/α,β-unsaturated/α-hetero) is 4. The van der Waals surface area contributed by atoms with Gasteiger partial charge < -0.3 is 15.9 Å². The Labute approximate surface area is 194 Å². The first-order valence-corrected chi connectivity index (χ1v) is 10.8. The number of carbonyl (C=O) groups excluding carboxylic acids is 5. The summed E-state index contributed by atoms with van der Waals surface area (Å²) < 4.78 is 0. The molecule has 33 heavy (non-hydrogen) atoms. The van der Waals surface area contributed by atoms with Crippen molar-refractivity contribution in [2.24, 2.45) is 29.4 Å². The number of hydrogen-bond acceptors (Lipinski definition) is 8. The van der Waals surface area contributed by atoms with Gasteiger partial charge in [0.1, 0.15) is 5.75 Å². The molecule has 0 bridgehead atoms. The van der Waals surface area contributed by atoms with Gasteiger partial charge in [0.05, 0.1) is 17.5 Å². The summed E-state index contributed by atoms with van der Waals surface area (Å²) in [4.78, 5) is 66.6. The Morgan fingerprint density at radius 1 is 1.21 bits per heavy atom. The number of aromatic hydroxyl groups is 1. The lowest BCUT2D eigenvalue weighted by atomic mass is 9.52. The van der Waals surface area contributed by atoms with Gasteiger partial charge in [-0.2, -0.15) is 0 Å². The summed E-state index contributed by atoms with van der Waals surface area (Å²) in [5.74, 6) is -10.8. The van der Waals surface area contributed by atoms with Crippen molar-refractivity contribution < 1.29 is 34.2 Å². The lowest BCUT2D eigenvalue weighted by Gasteiger charge is -2.52. The van der Waals surface area contributed by atoms with Crippen LogP contribution in [0, 0.1) is 23.7 Å². The van der Waals surface area contributed by atoms with E-state index in [0.29, 0.717) is 11.1 Å². The number of fused-ring (bicyclic) bond motifs is 3. The minimum atomic E-state index is -2.74. The molecule has 6 atom stereocenters. The average molecular weight is 475 g/mol. The van der Waals surface area contributed by atoms with Gasteiger partial charge in [-0.1, -0.05) is 18.2 Å². The standard InChI is InChI=1S/C23H23ClN2O7/c1-8(24)10-4-5-13(27)15-11(10)6-9-7-12-17(26(2)3)19(29)16(22(25)32)21(31)23(12,33)20(30)14(9)18(15)28/h4-5,9,12,14,16-17,27,33H,1,6-7H2,2-3H3,(H2,25,32)/t9-,12-,14?,16?,17-,23-/m0/s1. The predicted octanol–water partition coefficient (Wildman–Crippen LogP) is 0.0765. The number of nitrogens with zero attached hydrogens (tertiary/aromatic N) is 1. The summed E-state index contributed by atoms with van der Waals surface area (Å²) in [6, 6.07) is 1.64. The number of amides is 1. The number of benzene rings is 1. The predicted molar refractivity (Wildman–Crippen MR) is 116 cm³/mol. The number of ketones is 4. The third-order valence-electron chi connectivity index (χ3n) is 7.24. The molecule has 4 N–H and O–H groups in total. The van der Waals surface area contributed by atoms with Crippen LogP contribution in [-0.2, 0) is 25.6 Å². The van der Waals surface area contributed by atoms with E-state index in [1.54, 1.807) is 0 Å². The van der Waals surface area contributed by atoms with Gasteiger partial charge >= 0.3 is 0 Å². The molecule has 3 aliphatic carbocycles. The van der Waals surface area contributed by atoms with E-state index < -0.39 is 64.4 Å². The van der Waals surface area contributed by atoms with Crippen molar-refractivity contribution in [3.8, 4) is 5.75 Å². The van der Waals surface area contributed by atoms with Crippen molar-refractivity contribution >= 4 is 45.7 Å². The maximum absolute atomic E-state index is 13.6. The Balaban J connectivity index is 1.90. The van der Waals surface area contributed by atoms with Crippen molar-refractivity contribution in [2.45, 2.75) is 24.5 Å². The summed E-state index contributed by atoms with van der Waals surface area (Å²) in [6.07, 6.45) is 0.120. The number of halogens is 1. The van der Waals surface area contributed by atoms with Crippen molar-refractivity contribution in [3.63, 3.8) is 0 Å². The van der Waals surface area contributed by atoms with Crippen LogP contribution in [0.4, 0.5) is 0 Å². The quantitative estimate of drug-likeness (QED) is 0.520. The van der Waals surface area contributed by atoms with Crippen LogP contribution in [0.1, 0.15) is 27.9 Å². The summed E-state index contributed by atoms with van der Waals surface area (Å²) in [6.45, 7) is 3.69. The molecule has 4 rings (SSSR count). The normalized spacial score (nSPS) is 33.4. The maximum Gasteiger partial charge on any atom is 0.235 e. The molecule has 0 aliphatic heterocycles. The monoisotopic (exact) mass is 474 g/mol. The molecular weight excluding hydrogens is 452 g/mol. The number of aliphatic hydroxyl groups is 1. The molecule has 1 aromatic carbocycles. The van der Waals surface area contributed by atoms with Gasteiger partial charge in [0.15, 0.2) is 34.7 Å². The molecule has 2 saturated carbocycles. The van der Waals surface area contributed by atoms with Gasteiger partial charge in [0.25, 0.3) is 0 Å². The van der Waals surface area contributed by atoms with E-state index in [-0.39, 0.29) is 29.2 Å². The number of phenolic OH excluding ortho intramolecular Hbond substituents is 1. The second kappa shape index (κ2) is 7.58. The number of hydrogen-bond donors (Lipinski definition) is 3. The van der Waals surface area contributed by atoms with Crippen LogP contribution in [0.2, 0.25) is 0 Å². The van der Waals surface area contributed by atoms with Crippen LogP contribution in [0.5, 0.6) is 5.75 Å². The van der Waals surface area contributed by atoms with Gasteiger partial charge in [0, 0.05) is 11.0 Å². The number of rotatable bonds is 3. The van der Waals surface area contributed by atoms with Crippen LogP contribution in [-0.4, -0.2) is 69.9 Å². The molecule has 0 radical (unpaired) electrons. The second-order valence-corrected chi connectivity index (χ2v) is 9.64. The molecule has 174 valence electrons. The third kappa shape index (κ3) is 3.03. The highest BCUT2D eigenvalue weighted by Gasteiger charge is 2.69. The van der Waals surface area contributed by atoms with Crippen LogP contribution < -0.4 is 5.73 Å². The largest absolute Gasteiger partial charge is 0.507 e. The fourth-order valence-electron chi connectivity index (χ4n) is 5.86. The SMILES string of the molecule is C=C(Cl)c1ccc(O)c2c1C[C@H]1C[C@H]3[C@H](N(C)C)C(=O)C(C(N)=O)C(=O)[C@@]3(O)C(=O)C1C2=O. The average Bonchev–Trinajstić information content (AvgIpc) is 2.70. The van der Waals surface area contributed by atoms with Gasteiger partial charge in [-0.25, -0.2) is 0 Å². The molecule has 9 nitrogen and oxygen atoms in total. The zero-order chi connectivity index (χ0) is 24.6. The van der Waals surface area contributed by atoms with Gasteiger partial charge in [0.2, 0.25) is 5.91 Å². The molecule has 2 fully saturated rings. The minimum absolute atomic E-state index is 0.0201. The van der Waals surface area contributed by atoms with E-state index in [9.17, 15) is 34.2 Å². The summed E-state index contributed by atoms with van der Waals surface area (Å²) in [5.41, 5.74) is 3.30. The van der Waals surface area contributed by atoms with E-state index in [4.69, 9.17) is 17.3 Å². The van der Waals surface area contributed by atoms with Crippen molar-refractivity contribution in [1.29, 1.82) is 0 Å². The van der Waals surface area contributed by atoms with Crippen molar-refractivity contribution in [3.05, 3.63) is 35.4 Å². The highest BCUT2D eigenvalue weighted by atomic mass is 35.5. The smallest absolute Gasteiger partial charge is 0.235 e. The molecule has 10 heteroatoms. The fraction of sp³-hybridized carbons (Fsp3) is 0.435. The lowest BCUT2D eigenvalue weighted by Crippen LogP contribution is -2.74. The Morgan fingerprint density at radius 2 is 1.85 bits per heavy atom. The molecule has 3 aliphatic rings. The minimum Gasteiger partial charge on any atom is -0.507 e. The van der Waals surface area contributed by atoms with E-state index in [1.165, 1.54) is 31.1 Å². The van der Waals surface area contributed by atoms with Gasteiger partial charge in [-0.05, 0) is 56.1 Å². The molecule has 0 spiro atoms. The van der Waals surface area contributed by atoms with E-state index >= 15 is 0 Å². The first-order chi connectivity index (χ1) is 15.3. The fourth-order valence-corrected chi connectivity index (χ4v) is 6.04. The summed E-state index contributed by atoms with van der Waals surface area (Å²) in [5, 5.41) is 22.0. The number of carbonyl (C=O) groups is 5. The summed E-state index contributed by atoms with van der Waals surface area (Å²) >= 11 is 6.09.